The number of rotatable bonds is 6. The molecule has 21 heavy (non-hydrogen) atoms. The van der Waals surface area contributed by atoms with Gasteiger partial charge in [0.05, 0.1) is 6.04 Å². The van der Waals surface area contributed by atoms with Crippen molar-refractivity contribution >= 4 is 11.9 Å². The summed E-state index contributed by atoms with van der Waals surface area (Å²) in [5, 5.41) is 12.0. The van der Waals surface area contributed by atoms with Crippen molar-refractivity contribution in [1.82, 2.24) is 15.1 Å². The van der Waals surface area contributed by atoms with Crippen LogP contribution in [0.5, 0.6) is 0 Å². The molecule has 120 valence electrons. The summed E-state index contributed by atoms with van der Waals surface area (Å²) < 4.78 is 0. The van der Waals surface area contributed by atoms with Crippen molar-refractivity contribution in [2.45, 2.75) is 50.6 Å². The van der Waals surface area contributed by atoms with Gasteiger partial charge in [-0.05, 0) is 51.7 Å². The van der Waals surface area contributed by atoms with Crippen LogP contribution < -0.4 is 5.32 Å². The van der Waals surface area contributed by atoms with Crippen LogP contribution in [0.2, 0.25) is 0 Å². The van der Waals surface area contributed by atoms with Gasteiger partial charge in [-0.2, -0.15) is 0 Å². The number of nitrogens with one attached hydrogen (secondary N) is 1. The standard InChI is InChI=1S/C15H27N3O3/c1-17(10-3-5-14(19)20)15(21)13-4-2-11-18(13)12-6-8-16-9-7-12/h12-13,16H,2-11H2,1H3,(H,19,20). The second-order valence-electron chi connectivity index (χ2n) is 6.13. The fraction of sp³-hybridized carbons (Fsp3) is 0.867. The van der Waals surface area contributed by atoms with Crippen LogP contribution in [0.1, 0.15) is 38.5 Å². The zero-order valence-electron chi connectivity index (χ0n) is 12.9. The third-order valence-electron chi connectivity index (χ3n) is 4.62. The predicted octanol–water partition coefficient (Wildman–Crippen LogP) is 0.526. The fourth-order valence-corrected chi connectivity index (χ4v) is 3.46. The van der Waals surface area contributed by atoms with E-state index in [1.165, 1.54) is 0 Å². The van der Waals surface area contributed by atoms with Crippen LogP contribution in [0.3, 0.4) is 0 Å². The number of hydrogen-bond donors (Lipinski definition) is 2. The molecule has 0 bridgehead atoms. The van der Waals surface area contributed by atoms with Gasteiger partial charge in [0.1, 0.15) is 0 Å². The van der Waals surface area contributed by atoms with Crippen molar-refractivity contribution in [2.75, 3.05) is 33.2 Å². The Balaban J connectivity index is 1.85. The van der Waals surface area contributed by atoms with Gasteiger partial charge in [-0.3, -0.25) is 14.5 Å². The van der Waals surface area contributed by atoms with Crippen LogP contribution >= 0.6 is 0 Å². The van der Waals surface area contributed by atoms with Gasteiger partial charge >= 0.3 is 5.97 Å². The largest absolute Gasteiger partial charge is 0.481 e. The van der Waals surface area contributed by atoms with Crippen LogP contribution in [0.15, 0.2) is 0 Å². The Kier molecular flexibility index (Phi) is 5.99. The Morgan fingerprint density at radius 3 is 2.67 bits per heavy atom. The number of likely N-dealkylation sites (N-methyl/N-ethyl adjacent to an activating group) is 1. The third-order valence-corrected chi connectivity index (χ3v) is 4.62. The Hall–Kier alpha value is -1.14. The van der Waals surface area contributed by atoms with Crippen molar-refractivity contribution < 1.29 is 14.7 Å². The summed E-state index contributed by atoms with van der Waals surface area (Å²) in [5.41, 5.74) is 0. The molecule has 1 amide bonds. The van der Waals surface area contributed by atoms with E-state index in [-0.39, 0.29) is 18.4 Å². The van der Waals surface area contributed by atoms with E-state index in [2.05, 4.69) is 10.2 Å². The number of likely N-dealkylation sites (tertiary alicyclic amines) is 1. The Morgan fingerprint density at radius 1 is 1.29 bits per heavy atom. The van der Waals surface area contributed by atoms with Gasteiger partial charge in [0.15, 0.2) is 0 Å². The molecule has 6 heteroatoms. The quantitative estimate of drug-likeness (QED) is 0.748. The molecule has 2 aliphatic heterocycles. The van der Waals surface area contributed by atoms with Gasteiger partial charge in [0.25, 0.3) is 0 Å². The van der Waals surface area contributed by atoms with E-state index in [0.717, 1.165) is 45.3 Å². The lowest BCUT2D eigenvalue weighted by atomic mass is 10.0. The van der Waals surface area contributed by atoms with E-state index < -0.39 is 5.97 Å². The third kappa shape index (κ3) is 4.41. The van der Waals surface area contributed by atoms with E-state index in [9.17, 15) is 9.59 Å². The van der Waals surface area contributed by atoms with E-state index in [1.807, 2.05) is 0 Å². The van der Waals surface area contributed by atoms with Crippen molar-refractivity contribution in [1.29, 1.82) is 0 Å². The monoisotopic (exact) mass is 297 g/mol. The van der Waals surface area contributed by atoms with E-state index in [0.29, 0.717) is 19.0 Å². The number of carbonyl (C=O) groups is 2. The Bertz CT molecular complexity index is 369. The molecule has 2 saturated heterocycles. The molecule has 0 aromatic heterocycles. The van der Waals surface area contributed by atoms with Crippen molar-refractivity contribution in [3.05, 3.63) is 0 Å². The number of carboxylic acids is 1. The second-order valence-corrected chi connectivity index (χ2v) is 6.13. The van der Waals surface area contributed by atoms with Gasteiger partial charge < -0.3 is 15.3 Å². The Morgan fingerprint density at radius 2 is 2.00 bits per heavy atom. The van der Waals surface area contributed by atoms with Crippen LogP contribution in [-0.4, -0.2) is 72.1 Å². The average Bonchev–Trinajstić information content (AvgIpc) is 2.96. The summed E-state index contributed by atoms with van der Waals surface area (Å²) in [6, 6.07) is 0.526. The van der Waals surface area contributed by atoms with Crippen molar-refractivity contribution in [3.63, 3.8) is 0 Å². The highest BCUT2D eigenvalue weighted by Gasteiger charge is 2.36. The number of aliphatic carboxylic acids is 1. The topological polar surface area (TPSA) is 72.9 Å². The van der Waals surface area contributed by atoms with E-state index >= 15 is 0 Å². The highest BCUT2D eigenvalue weighted by molar-refractivity contribution is 5.82. The van der Waals surface area contributed by atoms with Crippen LogP contribution in [-0.2, 0) is 9.59 Å². The van der Waals surface area contributed by atoms with Gasteiger partial charge in [-0.15, -0.1) is 0 Å². The van der Waals surface area contributed by atoms with Crippen LogP contribution in [0.25, 0.3) is 0 Å². The molecule has 2 aliphatic rings. The first-order chi connectivity index (χ1) is 10.1. The molecule has 0 spiro atoms. The van der Waals surface area contributed by atoms with Crippen LogP contribution in [0.4, 0.5) is 0 Å². The minimum atomic E-state index is -0.798. The number of piperidine rings is 1. The first-order valence-electron chi connectivity index (χ1n) is 8.03. The molecule has 6 nitrogen and oxygen atoms in total. The zero-order valence-corrected chi connectivity index (χ0v) is 12.9. The van der Waals surface area contributed by atoms with E-state index in [1.54, 1.807) is 11.9 Å². The van der Waals surface area contributed by atoms with Gasteiger partial charge in [0, 0.05) is 26.1 Å². The summed E-state index contributed by atoms with van der Waals surface area (Å²) >= 11 is 0. The Labute approximate surface area is 126 Å². The molecule has 2 fully saturated rings. The summed E-state index contributed by atoms with van der Waals surface area (Å²) in [6.07, 6.45) is 4.91. The maximum absolute atomic E-state index is 12.6. The van der Waals surface area contributed by atoms with Gasteiger partial charge in [-0.1, -0.05) is 0 Å². The number of carbonyl (C=O) groups excluding carboxylic acids is 1. The lowest BCUT2D eigenvalue weighted by Crippen LogP contribution is -2.51. The minimum Gasteiger partial charge on any atom is -0.481 e. The molecule has 0 aromatic rings. The van der Waals surface area contributed by atoms with Gasteiger partial charge in [0.2, 0.25) is 5.91 Å². The average molecular weight is 297 g/mol. The highest BCUT2D eigenvalue weighted by atomic mass is 16.4. The highest BCUT2D eigenvalue weighted by Crippen LogP contribution is 2.25. The number of hydrogen-bond acceptors (Lipinski definition) is 4. The molecular weight excluding hydrogens is 270 g/mol. The zero-order chi connectivity index (χ0) is 15.2. The molecule has 2 N–H and O–H groups in total. The van der Waals surface area contributed by atoms with E-state index in [4.69, 9.17) is 5.11 Å². The molecule has 0 radical (unpaired) electrons. The molecule has 0 aliphatic carbocycles. The first kappa shape index (κ1) is 16.2. The van der Waals surface area contributed by atoms with Crippen molar-refractivity contribution in [3.8, 4) is 0 Å². The molecule has 2 heterocycles. The lowest BCUT2D eigenvalue weighted by molar-refractivity contribution is -0.139. The van der Waals surface area contributed by atoms with Crippen LogP contribution in [0, 0.1) is 0 Å². The molecular formula is C15H27N3O3. The second kappa shape index (κ2) is 7.75. The summed E-state index contributed by atoms with van der Waals surface area (Å²) in [5.74, 6) is -0.635. The molecule has 0 saturated carbocycles. The minimum absolute atomic E-state index is 0.00271. The first-order valence-corrected chi connectivity index (χ1v) is 8.03. The molecule has 1 atom stereocenters. The van der Waals surface area contributed by atoms with Gasteiger partial charge in [-0.25, -0.2) is 0 Å². The summed E-state index contributed by atoms with van der Waals surface area (Å²) in [6.45, 7) is 3.62. The SMILES string of the molecule is CN(CCCC(=O)O)C(=O)C1CCCN1C1CCNCC1. The summed E-state index contributed by atoms with van der Waals surface area (Å²) in [4.78, 5) is 27.2. The predicted molar refractivity (Wildman–Crippen MR) is 80.1 cm³/mol. The number of amides is 1. The lowest BCUT2D eigenvalue weighted by Gasteiger charge is -2.36. The van der Waals surface area contributed by atoms with Crippen molar-refractivity contribution in [2.24, 2.45) is 0 Å². The molecule has 0 aromatic carbocycles. The smallest absolute Gasteiger partial charge is 0.303 e. The maximum atomic E-state index is 12.6. The summed E-state index contributed by atoms with van der Waals surface area (Å²) in [7, 11) is 1.79. The number of carboxylic acid groups (broad SMARTS) is 1. The normalized spacial score (nSPS) is 24.1. The fourth-order valence-electron chi connectivity index (χ4n) is 3.46. The maximum Gasteiger partial charge on any atom is 0.303 e. The number of nitrogens with zero attached hydrogens (tertiary/aromatic N) is 2. The molecule has 2 rings (SSSR count). The molecule has 1 unspecified atom stereocenters.